The Morgan fingerprint density at radius 1 is 1.00 bits per heavy atom. The van der Waals surface area contributed by atoms with Crippen LogP contribution >= 0.6 is 0 Å². The highest BCUT2D eigenvalue weighted by atomic mass is 16.2. The highest BCUT2D eigenvalue weighted by molar-refractivity contribution is 5.79. The zero-order valence-corrected chi connectivity index (χ0v) is 21.3. The zero-order chi connectivity index (χ0) is 26.5. The number of aromatic amines is 1. The largest absolute Gasteiger partial charge is 0.369 e. The molecule has 0 aliphatic carbocycles. The number of hydrogen-bond donors (Lipinski definition) is 3. The Hall–Kier alpha value is -4.72. The van der Waals surface area contributed by atoms with Gasteiger partial charge in [0.1, 0.15) is 12.4 Å². The lowest BCUT2D eigenvalue weighted by Crippen LogP contribution is -2.34. The Labute approximate surface area is 220 Å². The maximum atomic E-state index is 13.6. The Morgan fingerprint density at radius 3 is 2.66 bits per heavy atom. The first-order valence-corrected chi connectivity index (χ1v) is 12.7. The maximum absolute atomic E-state index is 13.6. The van der Waals surface area contributed by atoms with E-state index in [-0.39, 0.29) is 18.0 Å². The third-order valence-electron chi connectivity index (χ3n) is 6.50. The predicted molar refractivity (Wildman–Crippen MR) is 149 cm³/mol. The molecule has 0 saturated heterocycles. The van der Waals surface area contributed by atoms with Crippen LogP contribution < -0.4 is 16.6 Å². The van der Waals surface area contributed by atoms with E-state index in [1.54, 1.807) is 6.20 Å². The first-order chi connectivity index (χ1) is 18.5. The first-order valence-electron chi connectivity index (χ1n) is 12.7. The summed E-state index contributed by atoms with van der Waals surface area (Å²) < 4.78 is 1.49. The van der Waals surface area contributed by atoms with E-state index in [0.29, 0.717) is 30.3 Å². The van der Waals surface area contributed by atoms with Crippen molar-refractivity contribution in [1.82, 2.24) is 24.8 Å². The molecule has 0 aliphatic rings. The van der Waals surface area contributed by atoms with Crippen molar-refractivity contribution < 1.29 is 4.79 Å². The molecule has 1 amide bonds. The minimum absolute atomic E-state index is 0.124. The molecule has 2 aromatic heterocycles. The summed E-state index contributed by atoms with van der Waals surface area (Å²) in [6.07, 6.45) is 3.93. The number of H-pyrrole nitrogens is 1. The second kappa shape index (κ2) is 11.1. The van der Waals surface area contributed by atoms with Gasteiger partial charge in [0.15, 0.2) is 5.95 Å². The van der Waals surface area contributed by atoms with E-state index in [1.807, 2.05) is 67.6 Å². The zero-order valence-electron chi connectivity index (χ0n) is 21.3. The number of carbonyl (C=O) groups is 1. The van der Waals surface area contributed by atoms with Gasteiger partial charge in [-0.15, -0.1) is 0 Å². The van der Waals surface area contributed by atoms with Crippen molar-refractivity contribution >= 4 is 22.9 Å². The maximum Gasteiger partial charge on any atom is 0.257 e. The van der Waals surface area contributed by atoms with Crippen molar-refractivity contribution in [2.45, 2.75) is 39.3 Å². The average Bonchev–Trinajstić information content (AvgIpc) is 3.29. The second-order valence-electron chi connectivity index (χ2n) is 9.46. The molecule has 192 valence electrons. The Kier molecular flexibility index (Phi) is 7.31. The van der Waals surface area contributed by atoms with Crippen LogP contribution in [-0.2, 0) is 30.7 Å². The molecule has 4 N–H and O–H groups in total. The van der Waals surface area contributed by atoms with Crippen LogP contribution in [0.4, 0.5) is 5.95 Å². The fourth-order valence-electron chi connectivity index (χ4n) is 4.58. The third kappa shape index (κ3) is 5.81. The van der Waals surface area contributed by atoms with Crippen LogP contribution in [0.3, 0.4) is 0 Å². The molecule has 0 aliphatic heterocycles. The number of anilines is 1. The van der Waals surface area contributed by atoms with Crippen molar-refractivity contribution in [3.63, 3.8) is 0 Å². The van der Waals surface area contributed by atoms with Crippen LogP contribution in [0.2, 0.25) is 0 Å². The number of fused-ring (bicyclic) bond motifs is 1. The van der Waals surface area contributed by atoms with E-state index in [9.17, 15) is 9.59 Å². The van der Waals surface area contributed by atoms with Crippen LogP contribution in [0, 0.1) is 6.92 Å². The molecular formula is C30H30N6O2. The van der Waals surface area contributed by atoms with Crippen LogP contribution in [0.1, 0.15) is 28.7 Å². The summed E-state index contributed by atoms with van der Waals surface area (Å²) in [6.45, 7) is 2.17. The number of aromatic nitrogens is 4. The lowest BCUT2D eigenvalue weighted by molar-refractivity contribution is -0.121. The molecule has 0 unspecified atom stereocenters. The van der Waals surface area contributed by atoms with Crippen molar-refractivity contribution in [2.75, 3.05) is 5.73 Å². The van der Waals surface area contributed by atoms with Gasteiger partial charge in [-0.25, -0.2) is 9.97 Å². The number of nitrogens with one attached hydrogen (secondary N) is 2. The fourth-order valence-corrected chi connectivity index (χ4v) is 4.58. The number of imidazole rings is 1. The van der Waals surface area contributed by atoms with Gasteiger partial charge in [-0.2, -0.15) is 0 Å². The van der Waals surface area contributed by atoms with Gasteiger partial charge in [-0.1, -0.05) is 60.2 Å². The molecule has 5 aromatic rings. The standard InChI is InChI=1S/C30H30N6O2/c1-20-7-5-11-23(15-20)28-33-18-24(12-6-10-21-8-3-2-4-9-21)29(38)36(28)19-27(37)32-17-22-13-14-25-26(16-22)35-30(31)34-25/h2-5,7-9,11,13-16,18H,6,10,12,17,19H2,1H3,(H,32,37)(H3,31,34,35). The first kappa shape index (κ1) is 25.0. The summed E-state index contributed by atoms with van der Waals surface area (Å²) in [5, 5.41) is 2.93. The van der Waals surface area contributed by atoms with Gasteiger partial charge in [0, 0.05) is 23.9 Å². The summed E-state index contributed by atoms with van der Waals surface area (Å²) in [7, 11) is 0. The Balaban J connectivity index is 1.35. The summed E-state index contributed by atoms with van der Waals surface area (Å²) >= 11 is 0. The molecule has 8 nitrogen and oxygen atoms in total. The predicted octanol–water partition coefficient (Wildman–Crippen LogP) is 4.17. The number of carbonyl (C=O) groups excluding carboxylic acids is 1. The Bertz CT molecular complexity index is 1640. The van der Waals surface area contributed by atoms with Gasteiger partial charge in [-0.05, 0) is 55.5 Å². The van der Waals surface area contributed by atoms with E-state index in [1.165, 1.54) is 10.1 Å². The van der Waals surface area contributed by atoms with Crippen molar-refractivity contribution in [3.05, 3.63) is 112 Å². The van der Waals surface area contributed by atoms with Crippen LogP contribution in [0.25, 0.3) is 22.4 Å². The Morgan fingerprint density at radius 2 is 1.84 bits per heavy atom. The SMILES string of the molecule is Cc1cccc(-c2ncc(CCCc3ccccc3)c(=O)n2CC(=O)NCc2ccc3nc(N)[nH]c3c2)c1. The number of nitrogen functional groups attached to an aromatic ring is 1. The van der Waals surface area contributed by atoms with Gasteiger partial charge >= 0.3 is 0 Å². The number of rotatable bonds is 9. The molecule has 8 heteroatoms. The molecule has 0 radical (unpaired) electrons. The van der Waals surface area contributed by atoms with E-state index in [0.717, 1.165) is 40.6 Å². The highest BCUT2D eigenvalue weighted by Gasteiger charge is 2.16. The molecule has 0 saturated carbocycles. The van der Waals surface area contributed by atoms with E-state index in [4.69, 9.17) is 5.73 Å². The topological polar surface area (TPSA) is 119 Å². The number of aryl methyl sites for hydroxylation is 3. The second-order valence-corrected chi connectivity index (χ2v) is 9.46. The van der Waals surface area contributed by atoms with Crippen LogP contribution in [0.5, 0.6) is 0 Å². The number of benzene rings is 3. The molecule has 38 heavy (non-hydrogen) atoms. The smallest absolute Gasteiger partial charge is 0.257 e. The van der Waals surface area contributed by atoms with Crippen molar-refractivity contribution in [3.8, 4) is 11.4 Å². The molecule has 0 atom stereocenters. The summed E-state index contributed by atoms with van der Waals surface area (Å²) in [4.78, 5) is 38.4. The molecule has 5 rings (SSSR count). The minimum Gasteiger partial charge on any atom is -0.369 e. The number of nitrogens with zero attached hydrogens (tertiary/aromatic N) is 3. The minimum atomic E-state index is -0.270. The number of nitrogens with two attached hydrogens (primary N) is 1. The average molecular weight is 507 g/mol. The molecule has 0 bridgehead atoms. The van der Waals surface area contributed by atoms with Gasteiger partial charge < -0.3 is 16.0 Å². The van der Waals surface area contributed by atoms with Crippen LogP contribution in [-0.4, -0.2) is 25.4 Å². The lowest BCUT2D eigenvalue weighted by Gasteiger charge is -2.14. The van der Waals surface area contributed by atoms with E-state index < -0.39 is 0 Å². The van der Waals surface area contributed by atoms with Crippen molar-refractivity contribution in [2.24, 2.45) is 0 Å². The molecule has 0 spiro atoms. The normalized spacial score (nSPS) is 11.1. The van der Waals surface area contributed by atoms with Gasteiger partial charge in [-0.3, -0.25) is 14.2 Å². The highest BCUT2D eigenvalue weighted by Crippen LogP contribution is 2.18. The van der Waals surface area contributed by atoms with Crippen LogP contribution in [0.15, 0.2) is 83.8 Å². The van der Waals surface area contributed by atoms with Gasteiger partial charge in [0.25, 0.3) is 5.56 Å². The summed E-state index contributed by atoms with van der Waals surface area (Å²) in [5.41, 5.74) is 11.7. The number of amides is 1. The van der Waals surface area contributed by atoms with Gasteiger partial charge in [0.05, 0.1) is 11.0 Å². The van der Waals surface area contributed by atoms with Gasteiger partial charge in [0.2, 0.25) is 5.91 Å². The van der Waals surface area contributed by atoms with E-state index >= 15 is 0 Å². The molecule has 0 fully saturated rings. The summed E-state index contributed by atoms with van der Waals surface area (Å²) in [6, 6.07) is 23.6. The molecule has 3 aromatic carbocycles. The quantitative estimate of drug-likeness (QED) is 0.277. The lowest BCUT2D eigenvalue weighted by atomic mass is 10.1. The van der Waals surface area contributed by atoms with E-state index in [2.05, 4.69) is 32.4 Å². The monoisotopic (exact) mass is 506 g/mol. The number of hydrogen-bond acceptors (Lipinski definition) is 5. The summed E-state index contributed by atoms with van der Waals surface area (Å²) in [5.74, 6) is 0.559. The molecule has 2 heterocycles. The fraction of sp³-hybridized carbons (Fsp3) is 0.200. The molecular weight excluding hydrogens is 476 g/mol. The third-order valence-corrected chi connectivity index (χ3v) is 6.50. The van der Waals surface area contributed by atoms with Crippen molar-refractivity contribution in [1.29, 1.82) is 0 Å².